The van der Waals surface area contributed by atoms with E-state index in [1.54, 1.807) is 19.1 Å². The van der Waals surface area contributed by atoms with E-state index in [0.29, 0.717) is 5.75 Å². The molecule has 2 rings (SSSR count). The maximum absolute atomic E-state index is 11.8. The second-order valence-corrected chi connectivity index (χ2v) is 4.15. The third-order valence-corrected chi connectivity index (χ3v) is 2.45. The molecular weight excluding hydrogens is 274 g/mol. The molecule has 8 nitrogen and oxygen atoms in total. The molecule has 0 saturated carbocycles. The topological polar surface area (TPSA) is 126 Å². The number of aromatic nitrogens is 3. The Morgan fingerprint density at radius 2 is 1.76 bits per heavy atom. The van der Waals surface area contributed by atoms with Crippen molar-refractivity contribution in [3.8, 4) is 5.75 Å². The van der Waals surface area contributed by atoms with Gasteiger partial charge in [-0.3, -0.25) is 0 Å². The lowest BCUT2D eigenvalue weighted by atomic mass is 10.3. The number of nitrogens with zero attached hydrogens (tertiary/aromatic N) is 3. The van der Waals surface area contributed by atoms with Crippen LogP contribution < -0.4 is 16.2 Å². The van der Waals surface area contributed by atoms with Crippen LogP contribution in [0.5, 0.6) is 5.75 Å². The molecule has 0 aliphatic heterocycles. The minimum Gasteiger partial charge on any atom is -0.479 e. The van der Waals surface area contributed by atoms with E-state index in [1.807, 2.05) is 18.2 Å². The monoisotopic (exact) mass is 289 g/mol. The van der Waals surface area contributed by atoms with Crippen LogP contribution in [-0.4, -0.2) is 27.0 Å². The van der Waals surface area contributed by atoms with Crippen LogP contribution in [0, 0.1) is 0 Å². The molecule has 0 radical (unpaired) electrons. The first-order valence-electron chi connectivity index (χ1n) is 6.19. The summed E-state index contributed by atoms with van der Waals surface area (Å²) in [6, 6.07) is 8.97. The fourth-order valence-corrected chi connectivity index (χ4v) is 1.53. The van der Waals surface area contributed by atoms with Crippen molar-refractivity contribution in [2.75, 3.05) is 11.5 Å². The van der Waals surface area contributed by atoms with Crippen molar-refractivity contribution in [3.63, 3.8) is 0 Å². The average molecular weight is 289 g/mol. The van der Waals surface area contributed by atoms with Gasteiger partial charge in [-0.05, 0) is 19.1 Å². The number of esters is 1. The Morgan fingerprint density at radius 3 is 2.38 bits per heavy atom. The smallest absolute Gasteiger partial charge is 0.347 e. The molecule has 4 N–H and O–H groups in total. The Hall–Kier alpha value is -2.90. The summed E-state index contributed by atoms with van der Waals surface area (Å²) >= 11 is 0. The number of carbonyl (C=O) groups is 1. The van der Waals surface area contributed by atoms with Gasteiger partial charge in [-0.2, -0.15) is 15.0 Å². The highest BCUT2D eigenvalue weighted by atomic mass is 16.6. The lowest BCUT2D eigenvalue weighted by Crippen LogP contribution is -2.26. The Bertz CT molecular complexity index is 600. The normalized spacial score (nSPS) is 11.7. The first-order chi connectivity index (χ1) is 10.0. The van der Waals surface area contributed by atoms with Gasteiger partial charge in [-0.1, -0.05) is 18.2 Å². The Labute approximate surface area is 121 Å². The Morgan fingerprint density at radius 1 is 1.14 bits per heavy atom. The van der Waals surface area contributed by atoms with Gasteiger partial charge >= 0.3 is 5.97 Å². The highest BCUT2D eigenvalue weighted by molar-refractivity contribution is 5.74. The highest BCUT2D eigenvalue weighted by Crippen LogP contribution is 2.11. The van der Waals surface area contributed by atoms with E-state index in [-0.39, 0.29) is 24.3 Å². The molecule has 0 spiro atoms. The number of benzene rings is 1. The average Bonchev–Trinajstić information content (AvgIpc) is 2.44. The number of nitrogens with two attached hydrogens (primary N) is 2. The van der Waals surface area contributed by atoms with Crippen LogP contribution in [0.2, 0.25) is 0 Å². The van der Waals surface area contributed by atoms with Crippen LogP contribution in [0.1, 0.15) is 12.7 Å². The first-order valence-corrected chi connectivity index (χ1v) is 6.19. The largest absolute Gasteiger partial charge is 0.479 e. The predicted octanol–water partition coefficient (Wildman–Crippen LogP) is 0.547. The van der Waals surface area contributed by atoms with Crippen LogP contribution in [0.25, 0.3) is 0 Å². The van der Waals surface area contributed by atoms with Crippen molar-refractivity contribution in [2.24, 2.45) is 0 Å². The number of carbonyl (C=O) groups excluding carboxylic acids is 1. The number of para-hydroxylation sites is 1. The van der Waals surface area contributed by atoms with E-state index >= 15 is 0 Å². The summed E-state index contributed by atoms with van der Waals surface area (Å²) in [6.45, 7) is 1.43. The van der Waals surface area contributed by atoms with Crippen LogP contribution in [-0.2, 0) is 16.1 Å². The standard InChI is InChI=1S/C13H15N5O3/c1-8(21-9-5-3-2-4-6-9)11(19)20-7-10-16-12(14)18-13(15)17-10/h2-6,8H,7H2,1H3,(H4,14,15,16,17,18). The Kier molecular flexibility index (Phi) is 4.50. The predicted molar refractivity (Wildman–Crippen MR) is 75.0 cm³/mol. The van der Waals surface area contributed by atoms with Crippen LogP contribution in [0.15, 0.2) is 30.3 Å². The van der Waals surface area contributed by atoms with Gasteiger partial charge in [0.05, 0.1) is 0 Å². The van der Waals surface area contributed by atoms with Gasteiger partial charge in [0.1, 0.15) is 5.75 Å². The number of ether oxygens (including phenoxy) is 2. The molecule has 0 aliphatic carbocycles. The summed E-state index contributed by atoms with van der Waals surface area (Å²) < 4.78 is 10.5. The van der Waals surface area contributed by atoms with Crippen LogP contribution >= 0.6 is 0 Å². The van der Waals surface area contributed by atoms with Gasteiger partial charge < -0.3 is 20.9 Å². The molecule has 2 aromatic rings. The summed E-state index contributed by atoms with van der Waals surface area (Å²) in [5.74, 6) is 0.163. The fourth-order valence-electron chi connectivity index (χ4n) is 1.53. The zero-order chi connectivity index (χ0) is 15.2. The summed E-state index contributed by atoms with van der Waals surface area (Å²) in [7, 11) is 0. The summed E-state index contributed by atoms with van der Waals surface area (Å²) in [6.07, 6.45) is -0.760. The van der Waals surface area contributed by atoms with Crippen LogP contribution in [0.4, 0.5) is 11.9 Å². The minimum atomic E-state index is -0.760. The van der Waals surface area contributed by atoms with E-state index in [0.717, 1.165) is 0 Å². The maximum atomic E-state index is 11.8. The molecule has 1 atom stereocenters. The summed E-state index contributed by atoms with van der Waals surface area (Å²) in [5.41, 5.74) is 10.8. The molecule has 1 unspecified atom stereocenters. The SMILES string of the molecule is CC(Oc1ccccc1)C(=O)OCc1nc(N)nc(N)n1. The van der Waals surface area contributed by atoms with Gasteiger partial charge in [0, 0.05) is 0 Å². The second-order valence-electron chi connectivity index (χ2n) is 4.15. The maximum Gasteiger partial charge on any atom is 0.347 e. The van der Waals surface area contributed by atoms with Gasteiger partial charge in [0.15, 0.2) is 18.5 Å². The number of nitrogen functional groups attached to an aromatic ring is 2. The van der Waals surface area contributed by atoms with Crippen molar-refractivity contribution in [3.05, 3.63) is 36.2 Å². The molecule has 0 amide bonds. The first kappa shape index (κ1) is 14.5. The molecule has 0 fully saturated rings. The van der Waals surface area contributed by atoms with Crippen molar-refractivity contribution >= 4 is 17.9 Å². The third kappa shape index (κ3) is 4.30. The summed E-state index contributed by atoms with van der Waals surface area (Å²) in [4.78, 5) is 23.0. The summed E-state index contributed by atoms with van der Waals surface area (Å²) in [5, 5.41) is 0. The van der Waals surface area contributed by atoms with E-state index in [1.165, 1.54) is 0 Å². The molecular formula is C13H15N5O3. The van der Waals surface area contributed by atoms with Gasteiger partial charge in [-0.25, -0.2) is 4.79 Å². The molecule has 1 aromatic carbocycles. The molecule has 21 heavy (non-hydrogen) atoms. The number of anilines is 2. The number of hydrogen-bond acceptors (Lipinski definition) is 8. The number of hydrogen-bond donors (Lipinski definition) is 2. The molecule has 0 aliphatic rings. The van der Waals surface area contributed by atoms with Crippen molar-refractivity contribution < 1.29 is 14.3 Å². The second kappa shape index (κ2) is 6.51. The third-order valence-electron chi connectivity index (χ3n) is 2.45. The molecule has 110 valence electrons. The van der Waals surface area contributed by atoms with Crippen LogP contribution in [0.3, 0.4) is 0 Å². The molecule has 0 saturated heterocycles. The lowest BCUT2D eigenvalue weighted by molar-refractivity contribution is -0.152. The zero-order valence-corrected chi connectivity index (χ0v) is 11.4. The number of rotatable bonds is 5. The molecule has 8 heteroatoms. The van der Waals surface area contributed by atoms with E-state index < -0.39 is 12.1 Å². The van der Waals surface area contributed by atoms with Crippen molar-refractivity contribution in [2.45, 2.75) is 19.6 Å². The van der Waals surface area contributed by atoms with E-state index in [2.05, 4.69) is 15.0 Å². The molecule has 0 bridgehead atoms. The lowest BCUT2D eigenvalue weighted by Gasteiger charge is -2.13. The zero-order valence-electron chi connectivity index (χ0n) is 11.4. The van der Waals surface area contributed by atoms with Gasteiger partial charge in [-0.15, -0.1) is 0 Å². The van der Waals surface area contributed by atoms with Crippen molar-refractivity contribution in [1.82, 2.24) is 15.0 Å². The molecule has 1 heterocycles. The van der Waals surface area contributed by atoms with E-state index in [9.17, 15) is 4.79 Å². The van der Waals surface area contributed by atoms with Gasteiger partial charge in [0.2, 0.25) is 11.9 Å². The molecule has 1 aromatic heterocycles. The fraction of sp³-hybridized carbons (Fsp3) is 0.231. The highest BCUT2D eigenvalue weighted by Gasteiger charge is 2.17. The Balaban J connectivity index is 1.89. The minimum absolute atomic E-state index is 0.0258. The van der Waals surface area contributed by atoms with Crippen molar-refractivity contribution in [1.29, 1.82) is 0 Å². The van der Waals surface area contributed by atoms with E-state index in [4.69, 9.17) is 20.9 Å². The van der Waals surface area contributed by atoms with Gasteiger partial charge in [0.25, 0.3) is 0 Å². The quantitative estimate of drug-likeness (QED) is 0.764.